The lowest BCUT2D eigenvalue weighted by Crippen LogP contribution is -1.76. The van der Waals surface area contributed by atoms with Gasteiger partial charge in [-0.2, -0.15) is 0 Å². The van der Waals surface area contributed by atoms with E-state index in [1.54, 1.807) is 0 Å². The lowest BCUT2D eigenvalue weighted by Gasteiger charge is -1.92. The Bertz CT molecular complexity index is 51.1. The molecule has 0 bridgehead atoms. The van der Waals surface area contributed by atoms with E-state index in [0.717, 1.165) is 6.42 Å². The van der Waals surface area contributed by atoms with Gasteiger partial charge in [-0.05, 0) is 19.3 Å². The van der Waals surface area contributed by atoms with Crippen LogP contribution in [0.4, 0.5) is 0 Å². The number of allylic oxidation sites excluding steroid dienone is 2. The molecule has 0 rings (SSSR count). The van der Waals surface area contributed by atoms with E-state index in [-0.39, 0.29) is 0 Å². The summed E-state index contributed by atoms with van der Waals surface area (Å²) < 4.78 is 0. The van der Waals surface area contributed by atoms with E-state index in [9.17, 15) is 0 Å². The summed E-state index contributed by atoms with van der Waals surface area (Å²) in [6, 6.07) is 0. The van der Waals surface area contributed by atoms with E-state index in [1.165, 1.54) is 5.92 Å². The van der Waals surface area contributed by atoms with Gasteiger partial charge < -0.3 is 0 Å². The largest absolute Gasteiger partial charge is 0.0916 e. The van der Waals surface area contributed by atoms with E-state index in [4.69, 9.17) is 0 Å². The third-order valence-electron chi connectivity index (χ3n) is 0.762. The van der Waals surface area contributed by atoms with Crippen LogP contribution in [0.25, 0.3) is 0 Å². The van der Waals surface area contributed by atoms with Gasteiger partial charge in [-0.3, -0.25) is 0 Å². The van der Waals surface area contributed by atoms with Crippen molar-refractivity contribution in [3.63, 3.8) is 0 Å². The number of hydrogen-bond acceptors (Lipinski definition) is 0. The van der Waals surface area contributed by atoms with Crippen LogP contribution in [0.3, 0.4) is 0 Å². The molecular weight excluding hydrogens is 84.1 g/mol. The summed E-state index contributed by atoms with van der Waals surface area (Å²) in [4.78, 5) is 0. The molecule has 0 atom stereocenters. The van der Waals surface area contributed by atoms with E-state index in [2.05, 4.69) is 26.0 Å². The standard InChI is InChI=1S/C7H13/c1-4-5-6-7(2)3/h4-5H,6H2,1-3H3/b5-4+. The average molecular weight is 97.2 g/mol. The molecule has 0 fully saturated rings. The molecule has 1 radical (unpaired) electrons. The number of hydrogen-bond donors (Lipinski definition) is 0. The van der Waals surface area contributed by atoms with Crippen LogP contribution in [0.15, 0.2) is 12.2 Å². The van der Waals surface area contributed by atoms with E-state index in [0.29, 0.717) is 0 Å². The molecule has 0 heteroatoms. The van der Waals surface area contributed by atoms with Crippen molar-refractivity contribution in [1.29, 1.82) is 0 Å². The molecule has 0 aromatic heterocycles. The van der Waals surface area contributed by atoms with Crippen LogP contribution in [0.1, 0.15) is 27.2 Å². The summed E-state index contributed by atoms with van der Waals surface area (Å²) in [6.45, 7) is 6.32. The van der Waals surface area contributed by atoms with Crippen LogP contribution in [-0.2, 0) is 0 Å². The monoisotopic (exact) mass is 97.1 g/mol. The zero-order valence-electron chi connectivity index (χ0n) is 5.36. The summed E-state index contributed by atoms with van der Waals surface area (Å²) in [5.41, 5.74) is 0. The molecule has 0 aliphatic heterocycles. The van der Waals surface area contributed by atoms with Crippen molar-refractivity contribution in [3.05, 3.63) is 18.1 Å². The first kappa shape index (κ1) is 6.74. The smallest absolute Gasteiger partial charge is 0.0265 e. The van der Waals surface area contributed by atoms with Crippen LogP contribution in [0.2, 0.25) is 0 Å². The first-order chi connectivity index (χ1) is 3.27. The molecule has 0 amide bonds. The molecule has 0 saturated carbocycles. The van der Waals surface area contributed by atoms with Gasteiger partial charge in [0, 0.05) is 0 Å². The van der Waals surface area contributed by atoms with Crippen LogP contribution < -0.4 is 0 Å². The van der Waals surface area contributed by atoms with Crippen molar-refractivity contribution in [2.45, 2.75) is 27.2 Å². The third-order valence-corrected chi connectivity index (χ3v) is 0.762. The molecule has 41 valence electrons. The summed E-state index contributed by atoms with van der Waals surface area (Å²) in [6.07, 6.45) is 5.37. The van der Waals surface area contributed by atoms with Gasteiger partial charge in [0.05, 0.1) is 0 Å². The normalized spacial score (nSPS) is 11.4. The van der Waals surface area contributed by atoms with Crippen molar-refractivity contribution >= 4 is 0 Å². The molecule has 0 N–H and O–H groups in total. The molecule has 0 spiro atoms. The van der Waals surface area contributed by atoms with Gasteiger partial charge in [0.15, 0.2) is 0 Å². The molecule has 0 aromatic rings. The predicted octanol–water partition coefficient (Wildman–Crippen LogP) is 2.57. The Morgan fingerprint density at radius 2 is 2.00 bits per heavy atom. The van der Waals surface area contributed by atoms with Crippen LogP contribution in [0.5, 0.6) is 0 Å². The highest BCUT2D eigenvalue weighted by Crippen LogP contribution is 2.01. The topological polar surface area (TPSA) is 0 Å². The lowest BCUT2D eigenvalue weighted by molar-refractivity contribution is 0.990. The summed E-state index contributed by atoms with van der Waals surface area (Å²) >= 11 is 0. The van der Waals surface area contributed by atoms with Crippen molar-refractivity contribution in [2.75, 3.05) is 0 Å². The van der Waals surface area contributed by atoms with Crippen molar-refractivity contribution < 1.29 is 0 Å². The fraction of sp³-hybridized carbons (Fsp3) is 0.571. The van der Waals surface area contributed by atoms with Gasteiger partial charge >= 0.3 is 0 Å². The second-order valence-electron chi connectivity index (χ2n) is 1.98. The highest BCUT2D eigenvalue weighted by atomic mass is 13.9. The number of rotatable bonds is 2. The predicted molar refractivity (Wildman–Crippen MR) is 34.0 cm³/mol. The molecule has 0 unspecified atom stereocenters. The molecule has 7 heavy (non-hydrogen) atoms. The molecule has 0 aliphatic carbocycles. The van der Waals surface area contributed by atoms with Gasteiger partial charge in [0.1, 0.15) is 0 Å². The maximum absolute atomic E-state index is 2.16. The maximum Gasteiger partial charge on any atom is -0.0265 e. The van der Waals surface area contributed by atoms with Gasteiger partial charge in [-0.15, -0.1) is 0 Å². The van der Waals surface area contributed by atoms with E-state index in [1.807, 2.05) is 6.92 Å². The summed E-state index contributed by atoms with van der Waals surface area (Å²) in [7, 11) is 0. The fourth-order valence-electron chi connectivity index (χ4n) is 0.354. The summed E-state index contributed by atoms with van der Waals surface area (Å²) in [5.74, 6) is 1.47. The molecule has 0 aromatic carbocycles. The highest BCUT2D eigenvalue weighted by molar-refractivity contribution is 4.90. The van der Waals surface area contributed by atoms with Crippen LogP contribution in [0, 0.1) is 5.92 Å². The average Bonchev–Trinajstić information content (AvgIpc) is 1.61. The van der Waals surface area contributed by atoms with Crippen molar-refractivity contribution in [2.24, 2.45) is 0 Å². The lowest BCUT2D eigenvalue weighted by atomic mass is 10.1. The van der Waals surface area contributed by atoms with Crippen LogP contribution >= 0.6 is 0 Å². The van der Waals surface area contributed by atoms with Crippen molar-refractivity contribution in [3.8, 4) is 0 Å². The van der Waals surface area contributed by atoms with E-state index < -0.39 is 0 Å². The van der Waals surface area contributed by atoms with Crippen LogP contribution in [-0.4, -0.2) is 0 Å². The SMILES string of the molecule is C/C=C/C[C](C)C. The molecule has 0 saturated heterocycles. The Labute approximate surface area is 46.2 Å². The second kappa shape index (κ2) is 3.91. The highest BCUT2D eigenvalue weighted by Gasteiger charge is 1.84. The van der Waals surface area contributed by atoms with Gasteiger partial charge in [0.25, 0.3) is 0 Å². The first-order valence-corrected chi connectivity index (χ1v) is 2.67. The minimum atomic E-state index is 1.14. The van der Waals surface area contributed by atoms with Gasteiger partial charge in [-0.25, -0.2) is 0 Å². The molecule has 0 aliphatic rings. The Kier molecular flexibility index (Phi) is 3.77. The Morgan fingerprint density at radius 3 is 2.14 bits per heavy atom. The summed E-state index contributed by atoms with van der Waals surface area (Å²) in [5, 5.41) is 0. The Morgan fingerprint density at radius 1 is 1.43 bits per heavy atom. The van der Waals surface area contributed by atoms with Gasteiger partial charge in [0.2, 0.25) is 0 Å². The maximum atomic E-state index is 2.16. The quantitative estimate of drug-likeness (QED) is 0.464. The zero-order chi connectivity index (χ0) is 5.70. The minimum Gasteiger partial charge on any atom is -0.0916 e. The molecular formula is C7H13. The minimum absolute atomic E-state index is 1.14. The zero-order valence-corrected chi connectivity index (χ0v) is 5.36. The van der Waals surface area contributed by atoms with Gasteiger partial charge in [-0.1, -0.05) is 26.0 Å². The van der Waals surface area contributed by atoms with E-state index >= 15 is 0 Å². The Balaban J connectivity index is 2.97. The fourth-order valence-corrected chi connectivity index (χ4v) is 0.354. The second-order valence-corrected chi connectivity index (χ2v) is 1.98. The molecule has 0 nitrogen and oxygen atoms in total. The first-order valence-electron chi connectivity index (χ1n) is 2.67. The van der Waals surface area contributed by atoms with Crippen molar-refractivity contribution in [1.82, 2.24) is 0 Å². The molecule has 0 heterocycles. The Hall–Kier alpha value is -0.260. The third kappa shape index (κ3) is 5.74.